The van der Waals surface area contributed by atoms with Crippen LogP contribution in [0.1, 0.15) is 40.3 Å². The second-order valence-electron chi connectivity index (χ2n) is 11.0. The summed E-state index contributed by atoms with van der Waals surface area (Å²) in [7, 11) is 3.20. The Morgan fingerprint density at radius 1 is 0.957 bits per heavy atom. The molecule has 0 spiro atoms. The number of ether oxygens (including phenoxy) is 3. The van der Waals surface area contributed by atoms with Crippen LogP contribution in [-0.4, -0.2) is 23.7 Å². The van der Waals surface area contributed by atoms with Gasteiger partial charge >= 0.3 is 0 Å². The van der Waals surface area contributed by atoms with Crippen molar-refractivity contribution in [2.24, 2.45) is 4.99 Å². The Morgan fingerprint density at radius 3 is 2.48 bits per heavy atom. The Bertz CT molecular complexity index is 2180. The second kappa shape index (κ2) is 12.1. The van der Waals surface area contributed by atoms with Crippen molar-refractivity contribution in [3.63, 3.8) is 0 Å². The van der Waals surface area contributed by atoms with Gasteiger partial charge in [-0.1, -0.05) is 53.8 Å². The highest BCUT2D eigenvalue weighted by Crippen LogP contribution is 2.41. The van der Waals surface area contributed by atoms with E-state index in [0.29, 0.717) is 20.8 Å². The van der Waals surface area contributed by atoms with Crippen LogP contribution in [0.3, 0.4) is 0 Å². The van der Waals surface area contributed by atoms with E-state index < -0.39 is 4.92 Å². The van der Waals surface area contributed by atoms with Gasteiger partial charge in [-0.3, -0.25) is 19.5 Å². The van der Waals surface area contributed by atoms with Crippen molar-refractivity contribution in [3.8, 4) is 17.2 Å². The number of thiazole rings is 1. The van der Waals surface area contributed by atoms with Gasteiger partial charge in [0.25, 0.3) is 11.2 Å². The fraction of sp³-hybridized carbons (Fsp3) is 0.167. The first kappa shape index (κ1) is 29.2. The fourth-order valence-electron chi connectivity index (χ4n) is 6.03. The highest BCUT2D eigenvalue weighted by atomic mass is 32.1. The lowest BCUT2D eigenvalue weighted by Crippen LogP contribution is -2.38. The molecule has 5 aromatic rings. The maximum atomic E-state index is 14.1. The van der Waals surface area contributed by atoms with Gasteiger partial charge < -0.3 is 14.2 Å². The van der Waals surface area contributed by atoms with Crippen LogP contribution in [0.5, 0.6) is 17.2 Å². The SMILES string of the molecule is COc1ccc([C@@H]2C3=C(N=c4s/c(=C/c5ccc(OCc6ccc([N+](=O)[O-])cc6)c(OC)c5)c(=O)n42)c2ccccc2CC3)cc1. The van der Waals surface area contributed by atoms with E-state index in [1.807, 2.05) is 53.1 Å². The number of nitrogens with zero attached hydrogens (tertiary/aromatic N) is 3. The van der Waals surface area contributed by atoms with Crippen LogP contribution in [0.2, 0.25) is 0 Å². The van der Waals surface area contributed by atoms with E-state index in [1.165, 1.54) is 29.0 Å². The van der Waals surface area contributed by atoms with Crippen molar-refractivity contribution >= 4 is 28.8 Å². The lowest BCUT2D eigenvalue weighted by atomic mass is 9.83. The molecule has 0 radical (unpaired) electrons. The van der Waals surface area contributed by atoms with E-state index in [1.54, 1.807) is 32.4 Å². The summed E-state index contributed by atoms with van der Waals surface area (Å²) in [4.78, 5) is 30.4. The lowest BCUT2D eigenvalue weighted by Gasteiger charge is -2.30. The molecular formula is C36H29N3O6S. The third-order valence-corrected chi connectivity index (χ3v) is 9.31. The van der Waals surface area contributed by atoms with E-state index in [-0.39, 0.29) is 23.9 Å². The van der Waals surface area contributed by atoms with Crippen molar-refractivity contribution in [2.45, 2.75) is 25.5 Å². The van der Waals surface area contributed by atoms with Gasteiger partial charge in [0.15, 0.2) is 16.3 Å². The minimum atomic E-state index is -0.435. The summed E-state index contributed by atoms with van der Waals surface area (Å²) in [6, 6.07) is 27.7. The van der Waals surface area contributed by atoms with Gasteiger partial charge in [-0.25, -0.2) is 4.99 Å². The average Bonchev–Trinajstić information content (AvgIpc) is 3.40. The van der Waals surface area contributed by atoms with Crippen LogP contribution in [0.4, 0.5) is 5.69 Å². The Hall–Kier alpha value is -5.48. The first-order valence-corrected chi connectivity index (χ1v) is 15.6. The lowest BCUT2D eigenvalue weighted by molar-refractivity contribution is -0.384. The van der Waals surface area contributed by atoms with Gasteiger partial charge in [0, 0.05) is 17.7 Å². The topological polar surface area (TPSA) is 105 Å². The van der Waals surface area contributed by atoms with Gasteiger partial charge in [-0.2, -0.15) is 0 Å². The summed E-state index contributed by atoms with van der Waals surface area (Å²) in [6.07, 6.45) is 3.56. The van der Waals surface area contributed by atoms with Crippen LogP contribution in [0.15, 0.2) is 106 Å². The molecular weight excluding hydrogens is 602 g/mol. The van der Waals surface area contributed by atoms with Crippen molar-refractivity contribution < 1.29 is 19.1 Å². The monoisotopic (exact) mass is 631 g/mol. The molecule has 0 unspecified atom stereocenters. The molecule has 0 saturated heterocycles. The summed E-state index contributed by atoms with van der Waals surface area (Å²) in [5.74, 6) is 1.78. The Morgan fingerprint density at radius 2 is 1.74 bits per heavy atom. The standard InChI is InChI=1S/C36H29N3O6S/c1-43-27-15-10-25(11-16-27)34-29-17-12-24-5-3-4-6-28(24)33(29)37-36-38(34)35(40)32(46-36)20-23-9-18-30(31(19-23)44-2)45-21-22-7-13-26(14-8-22)39(41)42/h3-11,13-16,18-20,34H,12,17,21H2,1-2H3/b32-20+/t34-/m1/s1. The summed E-state index contributed by atoms with van der Waals surface area (Å²) in [5.41, 5.74) is 6.96. The van der Waals surface area contributed by atoms with Crippen molar-refractivity contribution in [1.29, 1.82) is 0 Å². The Kier molecular flexibility index (Phi) is 7.71. The van der Waals surface area contributed by atoms with E-state index in [0.717, 1.165) is 52.1 Å². The normalized spacial score (nSPS) is 15.3. The first-order valence-electron chi connectivity index (χ1n) is 14.7. The molecule has 1 aromatic heterocycles. The van der Waals surface area contributed by atoms with E-state index in [2.05, 4.69) is 18.2 Å². The van der Waals surface area contributed by atoms with Crippen molar-refractivity contribution in [2.75, 3.05) is 14.2 Å². The van der Waals surface area contributed by atoms with Gasteiger partial charge in [0.2, 0.25) is 0 Å². The number of non-ortho nitro benzene ring substituents is 1. The van der Waals surface area contributed by atoms with Crippen LogP contribution in [-0.2, 0) is 13.0 Å². The second-order valence-corrected chi connectivity index (χ2v) is 12.0. The number of aromatic nitrogens is 1. The molecule has 0 bridgehead atoms. The summed E-state index contributed by atoms with van der Waals surface area (Å²) in [5, 5.41) is 10.9. The molecule has 0 N–H and O–H groups in total. The zero-order valence-electron chi connectivity index (χ0n) is 25.1. The van der Waals surface area contributed by atoms with Gasteiger partial charge in [0.1, 0.15) is 12.4 Å². The number of methoxy groups -OCH3 is 2. The number of nitro benzene ring substituents is 1. The predicted octanol–water partition coefficient (Wildman–Crippen LogP) is 5.82. The largest absolute Gasteiger partial charge is 0.497 e. The third kappa shape index (κ3) is 5.37. The zero-order chi connectivity index (χ0) is 31.8. The smallest absolute Gasteiger partial charge is 0.271 e. The molecule has 1 aliphatic heterocycles. The molecule has 2 aliphatic rings. The predicted molar refractivity (Wildman–Crippen MR) is 176 cm³/mol. The molecule has 7 rings (SSSR count). The number of benzene rings is 4. The molecule has 46 heavy (non-hydrogen) atoms. The highest BCUT2D eigenvalue weighted by molar-refractivity contribution is 7.07. The number of nitro groups is 1. The first-order chi connectivity index (χ1) is 22.4. The molecule has 0 amide bonds. The quantitative estimate of drug-likeness (QED) is 0.158. The minimum absolute atomic E-state index is 0.0243. The van der Waals surface area contributed by atoms with Gasteiger partial charge in [-0.05, 0) is 83.1 Å². The number of fused-ring (bicyclic) bond motifs is 3. The number of hydrogen-bond acceptors (Lipinski definition) is 8. The Labute approximate surface area is 268 Å². The minimum Gasteiger partial charge on any atom is -0.497 e. The van der Waals surface area contributed by atoms with Crippen molar-refractivity contribution in [3.05, 3.63) is 154 Å². The molecule has 230 valence electrons. The molecule has 0 fully saturated rings. The molecule has 9 nitrogen and oxygen atoms in total. The van der Waals surface area contributed by atoms with E-state index in [9.17, 15) is 14.9 Å². The van der Waals surface area contributed by atoms with Crippen LogP contribution in [0, 0.1) is 10.1 Å². The Balaban J connectivity index is 1.26. The summed E-state index contributed by atoms with van der Waals surface area (Å²) >= 11 is 1.37. The molecule has 1 aliphatic carbocycles. The maximum Gasteiger partial charge on any atom is 0.271 e. The summed E-state index contributed by atoms with van der Waals surface area (Å²) < 4.78 is 19.4. The number of allylic oxidation sites excluding steroid dienone is 1. The van der Waals surface area contributed by atoms with Gasteiger partial charge in [0.05, 0.1) is 35.4 Å². The van der Waals surface area contributed by atoms with Crippen molar-refractivity contribution in [1.82, 2.24) is 4.57 Å². The molecule has 0 saturated carbocycles. The number of rotatable bonds is 8. The average molecular weight is 632 g/mol. The van der Waals surface area contributed by atoms with Crippen LogP contribution in [0.25, 0.3) is 11.8 Å². The third-order valence-electron chi connectivity index (χ3n) is 8.33. The molecule has 1 atom stereocenters. The molecule has 10 heteroatoms. The molecule has 2 heterocycles. The van der Waals surface area contributed by atoms with E-state index >= 15 is 0 Å². The molecule has 4 aromatic carbocycles. The van der Waals surface area contributed by atoms with Crippen LogP contribution >= 0.6 is 11.3 Å². The van der Waals surface area contributed by atoms with Crippen LogP contribution < -0.4 is 29.1 Å². The van der Waals surface area contributed by atoms with E-state index in [4.69, 9.17) is 19.2 Å². The number of hydrogen-bond donors (Lipinski definition) is 0. The van der Waals surface area contributed by atoms with Gasteiger partial charge in [-0.15, -0.1) is 0 Å². The zero-order valence-corrected chi connectivity index (χ0v) is 26.0. The maximum absolute atomic E-state index is 14.1. The summed E-state index contributed by atoms with van der Waals surface area (Å²) in [6.45, 7) is 0.214. The number of aryl methyl sites for hydroxylation is 1. The highest BCUT2D eigenvalue weighted by Gasteiger charge is 2.32. The fourth-order valence-corrected chi connectivity index (χ4v) is 7.03.